The molecule has 0 aromatic carbocycles. The summed E-state index contributed by atoms with van der Waals surface area (Å²) in [5.74, 6) is -0.0114. The van der Waals surface area contributed by atoms with Crippen molar-refractivity contribution >= 4 is 5.97 Å². The summed E-state index contributed by atoms with van der Waals surface area (Å²) in [4.78, 5) is 15.4. The molecule has 1 aliphatic carbocycles. The Morgan fingerprint density at radius 1 is 1.39 bits per heavy atom. The van der Waals surface area contributed by atoms with Gasteiger partial charge in [-0.05, 0) is 38.5 Å². The van der Waals surface area contributed by atoms with E-state index in [4.69, 9.17) is 5.11 Å². The average Bonchev–Trinajstić information content (AvgIpc) is 2.76. The van der Waals surface area contributed by atoms with Crippen LogP contribution in [0.3, 0.4) is 0 Å². The second-order valence-electron chi connectivity index (χ2n) is 7.00. The monoisotopic (exact) mass is 323 g/mol. The van der Waals surface area contributed by atoms with Crippen LogP contribution in [0, 0.1) is 5.92 Å². The quantitative estimate of drug-likeness (QED) is 0.874. The number of hydrogen-bond acceptors (Lipinski definition) is 3. The van der Waals surface area contributed by atoms with Crippen molar-refractivity contribution < 1.29 is 14.3 Å². The van der Waals surface area contributed by atoms with Gasteiger partial charge in [0.25, 0.3) is 0 Å². The number of carbonyl (C=O) groups is 1. The molecule has 0 atom stereocenters. The highest BCUT2D eigenvalue weighted by Gasteiger charge is 2.37. The van der Waals surface area contributed by atoms with E-state index in [1.165, 1.54) is 19.3 Å². The Bertz CT molecular complexity index is 550. The molecule has 2 heterocycles. The molecule has 0 saturated heterocycles. The van der Waals surface area contributed by atoms with E-state index in [1.54, 1.807) is 0 Å². The number of carboxylic acids is 1. The zero-order chi connectivity index (χ0) is 16.3. The summed E-state index contributed by atoms with van der Waals surface area (Å²) < 4.78 is 17.0. The lowest BCUT2D eigenvalue weighted by atomic mass is 9.80. The molecule has 0 radical (unpaired) electrons. The van der Waals surface area contributed by atoms with Gasteiger partial charge in [0.2, 0.25) is 0 Å². The van der Waals surface area contributed by atoms with Crippen molar-refractivity contribution in [2.75, 3.05) is 6.54 Å². The maximum atomic E-state index is 14.8. The van der Waals surface area contributed by atoms with Crippen LogP contribution < -0.4 is 5.32 Å². The highest BCUT2D eigenvalue weighted by Crippen LogP contribution is 2.34. The van der Waals surface area contributed by atoms with Crippen LogP contribution in [-0.4, -0.2) is 32.8 Å². The van der Waals surface area contributed by atoms with Crippen molar-refractivity contribution in [2.45, 2.75) is 70.1 Å². The van der Waals surface area contributed by atoms with E-state index in [1.807, 2.05) is 6.20 Å². The largest absolute Gasteiger partial charge is 0.481 e. The highest BCUT2D eigenvalue weighted by molar-refractivity contribution is 5.70. The molecule has 2 aliphatic rings. The van der Waals surface area contributed by atoms with Gasteiger partial charge in [-0.2, -0.15) is 0 Å². The molecule has 1 aliphatic heterocycles. The molecule has 23 heavy (non-hydrogen) atoms. The number of aromatic nitrogens is 2. The molecular formula is C17H26FN3O2. The zero-order valence-electron chi connectivity index (χ0n) is 13.6. The fraction of sp³-hybridized carbons (Fsp3) is 0.765. The Kier molecular flexibility index (Phi) is 4.99. The predicted molar refractivity (Wildman–Crippen MR) is 84.9 cm³/mol. The molecule has 6 heteroatoms. The van der Waals surface area contributed by atoms with Crippen molar-refractivity contribution in [3.63, 3.8) is 0 Å². The number of alkyl halides is 1. The summed E-state index contributed by atoms with van der Waals surface area (Å²) in [5.41, 5.74) is -0.141. The van der Waals surface area contributed by atoms with Crippen molar-refractivity contribution in [3.05, 3.63) is 17.7 Å². The molecule has 0 unspecified atom stereocenters. The molecule has 1 aromatic rings. The lowest BCUT2D eigenvalue weighted by Gasteiger charge is -2.32. The number of imidazole rings is 1. The van der Waals surface area contributed by atoms with Crippen molar-refractivity contribution in [3.8, 4) is 0 Å². The number of fused-ring (bicyclic) bond motifs is 1. The van der Waals surface area contributed by atoms with Crippen LogP contribution in [0.4, 0.5) is 4.39 Å². The molecule has 0 bridgehead atoms. The van der Waals surface area contributed by atoms with Crippen molar-refractivity contribution in [1.82, 2.24) is 14.9 Å². The number of hydrogen-bond donors (Lipinski definition) is 2. The number of aliphatic carboxylic acids is 1. The van der Waals surface area contributed by atoms with Crippen LogP contribution in [0.15, 0.2) is 6.20 Å². The topological polar surface area (TPSA) is 67.2 Å². The first kappa shape index (κ1) is 16.4. The van der Waals surface area contributed by atoms with Crippen molar-refractivity contribution in [2.24, 2.45) is 5.92 Å². The van der Waals surface area contributed by atoms with Crippen molar-refractivity contribution in [1.29, 1.82) is 0 Å². The first-order valence-corrected chi connectivity index (χ1v) is 8.73. The summed E-state index contributed by atoms with van der Waals surface area (Å²) in [6.45, 7) is 1.92. The van der Waals surface area contributed by atoms with E-state index in [-0.39, 0.29) is 5.92 Å². The van der Waals surface area contributed by atoms with Crippen LogP contribution in [0.2, 0.25) is 0 Å². The van der Waals surface area contributed by atoms with Gasteiger partial charge in [-0.25, -0.2) is 9.37 Å². The number of halogens is 1. The Morgan fingerprint density at radius 2 is 2.17 bits per heavy atom. The van der Waals surface area contributed by atoms with Gasteiger partial charge in [-0.1, -0.05) is 6.42 Å². The smallest absolute Gasteiger partial charge is 0.306 e. The minimum absolute atomic E-state index is 0.292. The standard InChI is InChI=1S/C17H26FN3O2/c18-17(7-5-13(6-8-17)16(22)23)12-19-10-14-11-20-15-4-2-1-3-9-21(14)15/h11,13,19H,1-10,12H2,(H,22,23). The highest BCUT2D eigenvalue weighted by atomic mass is 19.1. The number of nitrogens with one attached hydrogen (secondary N) is 1. The van der Waals surface area contributed by atoms with E-state index in [2.05, 4.69) is 14.9 Å². The molecule has 2 N–H and O–H groups in total. The third-order valence-corrected chi connectivity index (χ3v) is 5.28. The van der Waals surface area contributed by atoms with Gasteiger partial charge in [-0.15, -0.1) is 0 Å². The van der Waals surface area contributed by atoms with Crippen LogP contribution in [0.25, 0.3) is 0 Å². The number of rotatable bonds is 5. The summed E-state index contributed by atoms with van der Waals surface area (Å²) in [6, 6.07) is 0. The van der Waals surface area contributed by atoms with E-state index < -0.39 is 11.6 Å². The number of nitrogens with zero attached hydrogens (tertiary/aromatic N) is 2. The van der Waals surface area contributed by atoms with E-state index >= 15 is 0 Å². The first-order chi connectivity index (χ1) is 11.1. The van der Waals surface area contributed by atoms with Gasteiger partial charge in [0.1, 0.15) is 11.5 Å². The summed E-state index contributed by atoms with van der Waals surface area (Å²) in [7, 11) is 0. The molecule has 0 spiro atoms. The average molecular weight is 323 g/mol. The lowest BCUT2D eigenvalue weighted by Crippen LogP contribution is -2.41. The summed E-state index contributed by atoms with van der Waals surface area (Å²) >= 11 is 0. The fourth-order valence-electron chi connectivity index (χ4n) is 3.77. The molecule has 1 fully saturated rings. The lowest BCUT2D eigenvalue weighted by molar-refractivity contribution is -0.143. The molecule has 128 valence electrons. The second-order valence-corrected chi connectivity index (χ2v) is 7.00. The SMILES string of the molecule is O=C(O)C1CCC(F)(CNCc2cnc3n2CCCCC3)CC1. The second kappa shape index (κ2) is 6.99. The molecular weight excluding hydrogens is 297 g/mol. The Morgan fingerprint density at radius 3 is 2.91 bits per heavy atom. The number of carboxylic acid groups (broad SMARTS) is 1. The van der Waals surface area contributed by atoms with Crippen LogP contribution in [0.5, 0.6) is 0 Å². The minimum atomic E-state index is -1.27. The summed E-state index contributed by atoms with van der Waals surface area (Å²) in [6.07, 6.45) is 8.11. The van der Waals surface area contributed by atoms with Crippen LogP contribution in [0.1, 0.15) is 56.5 Å². The summed E-state index contributed by atoms with van der Waals surface area (Å²) in [5, 5.41) is 12.2. The minimum Gasteiger partial charge on any atom is -0.481 e. The maximum absolute atomic E-state index is 14.8. The zero-order valence-corrected chi connectivity index (χ0v) is 13.6. The van der Waals surface area contributed by atoms with E-state index in [9.17, 15) is 9.18 Å². The Labute approximate surface area is 136 Å². The van der Waals surface area contributed by atoms with Crippen LogP contribution >= 0.6 is 0 Å². The molecule has 0 amide bonds. The number of aryl methyl sites for hydroxylation is 1. The Hall–Kier alpha value is -1.43. The predicted octanol–water partition coefficient (Wildman–Crippen LogP) is 2.68. The fourth-order valence-corrected chi connectivity index (χ4v) is 3.77. The van der Waals surface area contributed by atoms with E-state index in [0.717, 1.165) is 24.5 Å². The maximum Gasteiger partial charge on any atom is 0.306 e. The molecule has 5 nitrogen and oxygen atoms in total. The van der Waals surface area contributed by atoms with Gasteiger partial charge in [0.05, 0.1) is 11.6 Å². The van der Waals surface area contributed by atoms with Gasteiger partial charge >= 0.3 is 5.97 Å². The van der Waals surface area contributed by atoms with Gasteiger partial charge in [0.15, 0.2) is 0 Å². The molecule has 3 rings (SSSR count). The molecule has 1 aromatic heterocycles. The van der Waals surface area contributed by atoms with Gasteiger partial charge in [-0.3, -0.25) is 4.79 Å². The first-order valence-electron chi connectivity index (χ1n) is 8.73. The third-order valence-electron chi connectivity index (χ3n) is 5.28. The molecule has 1 saturated carbocycles. The van der Waals surface area contributed by atoms with E-state index in [0.29, 0.717) is 38.8 Å². The van der Waals surface area contributed by atoms with Gasteiger partial charge in [0, 0.05) is 32.3 Å². The van der Waals surface area contributed by atoms with Crippen LogP contribution in [-0.2, 0) is 24.3 Å². The normalized spacial score (nSPS) is 28.1. The Balaban J connectivity index is 1.50. The third kappa shape index (κ3) is 3.91. The van der Waals surface area contributed by atoms with Gasteiger partial charge < -0.3 is 15.0 Å².